The number of carboxylic acid groups (broad SMARTS) is 1. The Morgan fingerprint density at radius 3 is 2.86 bits per heavy atom. The Balaban J connectivity index is 1.85. The van der Waals surface area contributed by atoms with Gasteiger partial charge in [0.25, 0.3) is 5.91 Å². The van der Waals surface area contributed by atoms with Gasteiger partial charge in [-0.3, -0.25) is 4.79 Å². The molecule has 1 aromatic carbocycles. The molecule has 2 unspecified atom stereocenters. The molecule has 1 saturated heterocycles. The summed E-state index contributed by atoms with van der Waals surface area (Å²) in [5.74, 6) is -0.586. The number of nitrogens with zero attached hydrogens (tertiary/aromatic N) is 1. The van der Waals surface area contributed by atoms with Gasteiger partial charge in [-0.2, -0.15) is 0 Å². The van der Waals surface area contributed by atoms with Crippen LogP contribution in [0.5, 0.6) is 5.75 Å². The molecule has 0 aliphatic carbocycles. The molecule has 0 bridgehead atoms. The number of aliphatic carboxylic acids is 1. The van der Waals surface area contributed by atoms with Gasteiger partial charge in [0.2, 0.25) is 0 Å². The van der Waals surface area contributed by atoms with E-state index in [1.54, 1.807) is 6.08 Å². The third-order valence-electron chi connectivity index (χ3n) is 4.05. The molecule has 116 valence electrons. The van der Waals surface area contributed by atoms with Gasteiger partial charge in [0.05, 0.1) is 11.7 Å². The maximum Gasteiger partial charge on any atom is 0.326 e. The third kappa shape index (κ3) is 2.57. The van der Waals surface area contributed by atoms with Crippen LogP contribution in [0.3, 0.4) is 0 Å². The minimum absolute atomic E-state index is 0.149. The molecule has 0 saturated carbocycles. The van der Waals surface area contributed by atoms with Crippen LogP contribution >= 0.6 is 0 Å². The van der Waals surface area contributed by atoms with E-state index in [0.29, 0.717) is 12.0 Å². The van der Waals surface area contributed by atoms with E-state index in [9.17, 15) is 14.7 Å². The predicted molar refractivity (Wildman–Crippen MR) is 78.5 cm³/mol. The first-order valence-electron chi connectivity index (χ1n) is 7.09. The van der Waals surface area contributed by atoms with Crippen LogP contribution in [0.1, 0.15) is 12.0 Å². The molecule has 2 aliphatic rings. The van der Waals surface area contributed by atoms with Crippen LogP contribution in [0.25, 0.3) is 6.08 Å². The maximum absolute atomic E-state index is 12.6. The molecule has 2 atom stereocenters. The van der Waals surface area contributed by atoms with Gasteiger partial charge in [0.1, 0.15) is 18.4 Å². The second-order valence-electron chi connectivity index (χ2n) is 5.40. The summed E-state index contributed by atoms with van der Waals surface area (Å²) in [4.78, 5) is 25.4. The van der Waals surface area contributed by atoms with Gasteiger partial charge in [-0.15, -0.1) is 0 Å². The third-order valence-corrected chi connectivity index (χ3v) is 4.05. The first kappa shape index (κ1) is 14.6. The Morgan fingerprint density at radius 1 is 1.36 bits per heavy atom. The summed E-state index contributed by atoms with van der Waals surface area (Å²) in [6.45, 7) is 0.432. The lowest BCUT2D eigenvalue weighted by Crippen LogP contribution is -2.42. The van der Waals surface area contributed by atoms with Crippen molar-refractivity contribution < 1.29 is 24.2 Å². The molecule has 1 amide bonds. The van der Waals surface area contributed by atoms with Gasteiger partial charge in [-0.25, -0.2) is 4.79 Å². The SMILES string of the molecule is COC1CC(C(=O)O)N(C(=O)C2=Cc3ccccc3OC2)C1. The molecule has 6 heteroatoms. The van der Waals surface area contributed by atoms with Gasteiger partial charge in [-0.1, -0.05) is 18.2 Å². The van der Waals surface area contributed by atoms with Gasteiger partial charge in [0.15, 0.2) is 0 Å². The van der Waals surface area contributed by atoms with Gasteiger partial charge >= 0.3 is 5.97 Å². The molecule has 2 heterocycles. The van der Waals surface area contributed by atoms with E-state index in [2.05, 4.69) is 0 Å². The first-order valence-corrected chi connectivity index (χ1v) is 7.09. The Hall–Kier alpha value is -2.34. The predicted octanol–water partition coefficient (Wildman–Crippen LogP) is 1.16. The molecule has 1 aromatic rings. The van der Waals surface area contributed by atoms with Gasteiger partial charge in [-0.05, 0) is 12.1 Å². The van der Waals surface area contributed by atoms with Crippen molar-refractivity contribution in [3.05, 3.63) is 35.4 Å². The zero-order chi connectivity index (χ0) is 15.7. The molecule has 22 heavy (non-hydrogen) atoms. The number of carboxylic acids is 1. The number of hydrogen-bond acceptors (Lipinski definition) is 4. The lowest BCUT2D eigenvalue weighted by atomic mass is 10.1. The van der Waals surface area contributed by atoms with Crippen LogP contribution in [0, 0.1) is 0 Å². The molecule has 0 radical (unpaired) electrons. The van der Waals surface area contributed by atoms with Crippen LogP contribution in [-0.2, 0) is 14.3 Å². The molecule has 1 N–H and O–H groups in total. The summed E-state index contributed by atoms with van der Waals surface area (Å²) in [7, 11) is 1.52. The monoisotopic (exact) mass is 303 g/mol. The molecule has 2 aliphatic heterocycles. The van der Waals surface area contributed by atoms with Crippen molar-refractivity contribution in [3.63, 3.8) is 0 Å². The molecular formula is C16H17NO5. The van der Waals surface area contributed by atoms with Crippen molar-refractivity contribution in [2.24, 2.45) is 0 Å². The molecule has 0 aromatic heterocycles. The number of benzene rings is 1. The van der Waals surface area contributed by atoms with Crippen LogP contribution in [0.15, 0.2) is 29.8 Å². The van der Waals surface area contributed by atoms with Gasteiger partial charge < -0.3 is 19.5 Å². The highest BCUT2D eigenvalue weighted by atomic mass is 16.5. The molecule has 1 fully saturated rings. The summed E-state index contributed by atoms with van der Waals surface area (Å²) >= 11 is 0. The van der Waals surface area contributed by atoms with Crippen LogP contribution < -0.4 is 4.74 Å². The summed E-state index contributed by atoms with van der Waals surface area (Å²) < 4.78 is 10.8. The maximum atomic E-state index is 12.6. The van der Waals surface area contributed by atoms with Crippen molar-refractivity contribution in [3.8, 4) is 5.75 Å². The number of hydrogen-bond donors (Lipinski definition) is 1. The zero-order valence-corrected chi connectivity index (χ0v) is 12.2. The number of carbonyl (C=O) groups excluding carboxylic acids is 1. The Kier molecular flexibility index (Phi) is 3.85. The smallest absolute Gasteiger partial charge is 0.326 e. The minimum Gasteiger partial charge on any atom is -0.488 e. The first-order chi connectivity index (χ1) is 10.6. The van der Waals surface area contributed by atoms with E-state index in [1.807, 2.05) is 24.3 Å². The quantitative estimate of drug-likeness (QED) is 0.907. The van der Waals surface area contributed by atoms with Crippen molar-refractivity contribution in [2.75, 3.05) is 20.3 Å². The number of carbonyl (C=O) groups is 2. The molecular weight excluding hydrogens is 286 g/mol. The summed E-state index contributed by atoms with van der Waals surface area (Å²) in [6, 6.07) is 6.57. The fourth-order valence-electron chi connectivity index (χ4n) is 2.85. The highest BCUT2D eigenvalue weighted by molar-refractivity contribution is 6.01. The Bertz CT molecular complexity index is 639. The number of para-hydroxylation sites is 1. The summed E-state index contributed by atoms with van der Waals surface area (Å²) in [6.07, 6.45) is 1.82. The molecule has 3 rings (SSSR count). The van der Waals surface area contributed by atoms with E-state index >= 15 is 0 Å². The Labute approximate surface area is 127 Å². The topological polar surface area (TPSA) is 76.1 Å². The van der Waals surface area contributed by atoms with Crippen molar-refractivity contribution in [2.45, 2.75) is 18.6 Å². The normalized spacial score (nSPS) is 23.5. The van der Waals surface area contributed by atoms with E-state index in [-0.39, 0.29) is 25.2 Å². The van der Waals surface area contributed by atoms with Crippen LogP contribution in [-0.4, -0.2) is 54.3 Å². The summed E-state index contributed by atoms with van der Waals surface area (Å²) in [5.41, 5.74) is 1.29. The standard InChI is InChI=1S/C16H17NO5/c1-21-12-7-13(16(19)20)17(8-12)15(18)11-6-10-4-2-3-5-14(10)22-9-11/h2-6,12-13H,7-9H2,1H3,(H,19,20). The molecule has 6 nitrogen and oxygen atoms in total. The van der Waals surface area contributed by atoms with Crippen molar-refractivity contribution in [1.82, 2.24) is 4.90 Å². The minimum atomic E-state index is -1.01. The lowest BCUT2D eigenvalue weighted by molar-refractivity contribution is -0.147. The number of likely N-dealkylation sites (tertiary alicyclic amines) is 1. The largest absolute Gasteiger partial charge is 0.488 e. The average molecular weight is 303 g/mol. The number of fused-ring (bicyclic) bond motifs is 1. The molecule has 0 spiro atoms. The van der Waals surface area contributed by atoms with Crippen LogP contribution in [0.4, 0.5) is 0 Å². The van der Waals surface area contributed by atoms with Crippen molar-refractivity contribution in [1.29, 1.82) is 0 Å². The number of amides is 1. The van der Waals surface area contributed by atoms with E-state index in [1.165, 1.54) is 12.0 Å². The van der Waals surface area contributed by atoms with Crippen LogP contribution in [0.2, 0.25) is 0 Å². The number of ether oxygens (including phenoxy) is 2. The second kappa shape index (κ2) is 5.81. The number of methoxy groups -OCH3 is 1. The summed E-state index contributed by atoms with van der Waals surface area (Å²) in [5, 5.41) is 9.30. The second-order valence-corrected chi connectivity index (χ2v) is 5.40. The number of rotatable bonds is 3. The highest BCUT2D eigenvalue weighted by Crippen LogP contribution is 2.28. The lowest BCUT2D eigenvalue weighted by Gasteiger charge is -2.25. The van der Waals surface area contributed by atoms with Crippen molar-refractivity contribution >= 4 is 18.0 Å². The van der Waals surface area contributed by atoms with E-state index in [0.717, 1.165) is 11.3 Å². The fraction of sp³-hybridized carbons (Fsp3) is 0.375. The zero-order valence-electron chi connectivity index (χ0n) is 12.2. The van der Waals surface area contributed by atoms with Gasteiger partial charge in [0, 0.05) is 25.6 Å². The Morgan fingerprint density at radius 2 is 2.14 bits per heavy atom. The average Bonchev–Trinajstić information content (AvgIpc) is 2.98. The highest BCUT2D eigenvalue weighted by Gasteiger charge is 2.41. The van der Waals surface area contributed by atoms with E-state index < -0.39 is 12.0 Å². The fourth-order valence-corrected chi connectivity index (χ4v) is 2.85. The van der Waals surface area contributed by atoms with E-state index in [4.69, 9.17) is 9.47 Å².